The van der Waals surface area contributed by atoms with E-state index in [1.165, 1.54) is 5.56 Å². The SMILES string of the molecule is CC(C)c1ccc(OCC2CC2(F)F)c(I)c1. The molecule has 1 fully saturated rings. The zero-order valence-corrected chi connectivity index (χ0v) is 12.0. The average molecular weight is 352 g/mol. The summed E-state index contributed by atoms with van der Waals surface area (Å²) >= 11 is 2.18. The van der Waals surface area contributed by atoms with Crippen LogP contribution in [-0.4, -0.2) is 12.5 Å². The molecule has 2 rings (SSSR count). The molecule has 94 valence electrons. The molecule has 1 saturated carbocycles. The fourth-order valence-electron chi connectivity index (χ4n) is 1.63. The monoisotopic (exact) mass is 352 g/mol. The predicted molar refractivity (Wildman–Crippen MR) is 71.8 cm³/mol. The average Bonchev–Trinajstić information content (AvgIpc) is 2.84. The van der Waals surface area contributed by atoms with Crippen LogP contribution in [0.15, 0.2) is 18.2 Å². The minimum absolute atomic E-state index is 0.0341. The molecule has 1 aliphatic carbocycles. The van der Waals surface area contributed by atoms with Crippen molar-refractivity contribution in [3.63, 3.8) is 0 Å². The minimum atomic E-state index is -2.50. The van der Waals surface area contributed by atoms with Crippen molar-refractivity contribution in [1.82, 2.24) is 0 Å². The fraction of sp³-hybridized carbons (Fsp3) is 0.538. The maximum absolute atomic E-state index is 12.7. The van der Waals surface area contributed by atoms with Gasteiger partial charge in [-0.25, -0.2) is 8.78 Å². The van der Waals surface area contributed by atoms with Crippen molar-refractivity contribution in [1.29, 1.82) is 0 Å². The summed E-state index contributed by atoms with van der Waals surface area (Å²) in [4.78, 5) is 0. The molecule has 0 aliphatic heterocycles. The van der Waals surface area contributed by atoms with Crippen molar-refractivity contribution < 1.29 is 13.5 Å². The molecule has 0 N–H and O–H groups in total. The molecule has 1 aromatic rings. The zero-order chi connectivity index (χ0) is 12.6. The Bertz CT molecular complexity index is 418. The largest absolute Gasteiger partial charge is 0.492 e. The van der Waals surface area contributed by atoms with E-state index < -0.39 is 11.8 Å². The Labute approximate surface area is 114 Å². The van der Waals surface area contributed by atoms with E-state index in [1.807, 2.05) is 18.2 Å². The Kier molecular flexibility index (Phi) is 3.61. The van der Waals surface area contributed by atoms with Gasteiger partial charge in [0.25, 0.3) is 5.92 Å². The molecular formula is C13H15F2IO. The number of rotatable bonds is 4. The topological polar surface area (TPSA) is 9.23 Å². The van der Waals surface area contributed by atoms with Gasteiger partial charge in [0.2, 0.25) is 0 Å². The van der Waals surface area contributed by atoms with Gasteiger partial charge < -0.3 is 4.74 Å². The summed E-state index contributed by atoms with van der Waals surface area (Å²) < 4.78 is 31.8. The summed E-state index contributed by atoms with van der Waals surface area (Å²) in [5.41, 5.74) is 1.23. The lowest BCUT2D eigenvalue weighted by Crippen LogP contribution is -2.06. The van der Waals surface area contributed by atoms with Gasteiger partial charge in [-0.15, -0.1) is 0 Å². The van der Waals surface area contributed by atoms with E-state index in [9.17, 15) is 8.78 Å². The van der Waals surface area contributed by atoms with Gasteiger partial charge in [0.15, 0.2) is 0 Å². The summed E-state index contributed by atoms with van der Waals surface area (Å²) in [7, 11) is 0. The predicted octanol–water partition coefficient (Wildman–Crippen LogP) is 4.45. The lowest BCUT2D eigenvalue weighted by atomic mass is 10.0. The molecule has 4 heteroatoms. The third-order valence-corrected chi connectivity index (χ3v) is 3.86. The molecule has 17 heavy (non-hydrogen) atoms. The number of halogens is 3. The van der Waals surface area contributed by atoms with Crippen LogP contribution in [0.25, 0.3) is 0 Å². The molecule has 1 nitrogen and oxygen atoms in total. The molecule has 0 saturated heterocycles. The van der Waals surface area contributed by atoms with E-state index in [2.05, 4.69) is 36.4 Å². The first-order chi connectivity index (χ1) is 7.90. The first kappa shape index (κ1) is 13.1. The molecule has 1 unspecified atom stereocenters. The first-order valence-electron chi connectivity index (χ1n) is 5.70. The Morgan fingerprint density at radius 1 is 1.47 bits per heavy atom. The Hall–Kier alpha value is -0.390. The highest BCUT2D eigenvalue weighted by Crippen LogP contribution is 2.48. The van der Waals surface area contributed by atoms with Crippen LogP contribution < -0.4 is 4.74 Å². The molecule has 1 atom stereocenters. The minimum Gasteiger partial charge on any atom is -0.492 e. The summed E-state index contributed by atoms with van der Waals surface area (Å²) in [5, 5.41) is 0. The van der Waals surface area contributed by atoms with E-state index in [0.29, 0.717) is 11.7 Å². The molecule has 0 spiro atoms. The van der Waals surface area contributed by atoms with E-state index in [1.54, 1.807) is 0 Å². The van der Waals surface area contributed by atoms with Crippen molar-refractivity contribution in [3.05, 3.63) is 27.3 Å². The fourth-order valence-corrected chi connectivity index (χ4v) is 2.33. The highest BCUT2D eigenvalue weighted by Gasteiger charge is 2.57. The summed E-state index contributed by atoms with van der Waals surface area (Å²) in [5.74, 6) is -1.92. The first-order valence-corrected chi connectivity index (χ1v) is 6.78. The standard InChI is InChI=1S/C13H15F2IO/c1-8(2)9-3-4-12(11(16)5-9)17-7-10-6-13(10,14)15/h3-5,8,10H,6-7H2,1-2H3. The Balaban J connectivity index is 1.97. The van der Waals surface area contributed by atoms with E-state index in [4.69, 9.17) is 4.74 Å². The smallest absolute Gasteiger partial charge is 0.255 e. The third kappa shape index (κ3) is 3.09. The van der Waals surface area contributed by atoms with Crippen LogP contribution >= 0.6 is 22.6 Å². The van der Waals surface area contributed by atoms with Gasteiger partial charge in [-0.3, -0.25) is 0 Å². The summed E-state index contributed by atoms with van der Waals surface area (Å²) in [6, 6.07) is 5.91. The molecule has 0 bridgehead atoms. The molecule has 0 heterocycles. The highest BCUT2D eigenvalue weighted by molar-refractivity contribution is 14.1. The Morgan fingerprint density at radius 2 is 2.12 bits per heavy atom. The van der Waals surface area contributed by atoms with Crippen LogP contribution in [0, 0.1) is 9.49 Å². The van der Waals surface area contributed by atoms with Gasteiger partial charge in [-0.2, -0.15) is 0 Å². The van der Waals surface area contributed by atoms with Crippen LogP contribution in [0.1, 0.15) is 31.7 Å². The van der Waals surface area contributed by atoms with Crippen molar-refractivity contribution >= 4 is 22.6 Å². The van der Waals surface area contributed by atoms with Crippen molar-refractivity contribution in [2.45, 2.75) is 32.1 Å². The number of benzene rings is 1. The summed E-state index contributed by atoms with van der Waals surface area (Å²) in [6.45, 7) is 4.36. The molecule has 0 amide bonds. The van der Waals surface area contributed by atoms with Crippen LogP contribution in [0.4, 0.5) is 8.78 Å². The second-order valence-corrected chi connectivity index (χ2v) is 5.98. The second kappa shape index (κ2) is 4.71. The van der Waals surface area contributed by atoms with Gasteiger partial charge in [0, 0.05) is 6.42 Å². The lowest BCUT2D eigenvalue weighted by molar-refractivity contribution is 0.0855. The maximum Gasteiger partial charge on any atom is 0.255 e. The van der Waals surface area contributed by atoms with E-state index in [0.717, 1.165) is 3.57 Å². The third-order valence-electron chi connectivity index (χ3n) is 3.02. The molecule has 0 radical (unpaired) electrons. The van der Waals surface area contributed by atoms with Crippen LogP contribution in [-0.2, 0) is 0 Å². The van der Waals surface area contributed by atoms with Crippen molar-refractivity contribution in [2.75, 3.05) is 6.61 Å². The van der Waals surface area contributed by atoms with E-state index in [-0.39, 0.29) is 13.0 Å². The van der Waals surface area contributed by atoms with Gasteiger partial charge >= 0.3 is 0 Å². The molecule has 0 aromatic heterocycles. The van der Waals surface area contributed by atoms with Gasteiger partial charge in [0.1, 0.15) is 5.75 Å². The van der Waals surface area contributed by atoms with Crippen LogP contribution in [0.5, 0.6) is 5.75 Å². The quantitative estimate of drug-likeness (QED) is 0.728. The number of hydrogen-bond donors (Lipinski definition) is 0. The number of ether oxygens (including phenoxy) is 1. The van der Waals surface area contributed by atoms with Gasteiger partial charge in [0.05, 0.1) is 16.1 Å². The number of hydrogen-bond acceptors (Lipinski definition) is 1. The second-order valence-electron chi connectivity index (χ2n) is 4.82. The van der Waals surface area contributed by atoms with Crippen LogP contribution in [0.2, 0.25) is 0 Å². The Morgan fingerprint density at radius 3 is 2.59 bits per heavy atom. The zero-order valence-electron chi connectivity index (χ0n) is 9.84. The normalized spacial score (nSPS) is 21.6. The lowest BCUT2D eigenvalue weighted by Gasteiger charge is -2.11. The van der Waals surface area contributed by atoms with E-state index >= 15 is 0 Å². The maximum atomic E-state index is 12.7. The molecule has 1 aromatic carbocycles. The van der Waals surface area contributed by atoms with Gasteiger partial charge in [-0.1, -0.05) is 19.9 Å². The number of alkyl halides is 2. The van der Waals surface area contributed by atoms with Crippen molar-refractivity contribution in [3.8, 4) is 5.75 Å². The molecule has 1 aliphatic rings. The van der Waals surface area contributed by atoms with Crippen molar-refractivity contribution in [2.24, 2.45) is 5.92 Å². The van der Waals surface area contributed by atoms with Crippen LogP contribution in [0.3, 0.4) is 0 Å². The highest BCUT2D eigenvalue weighted by atomic mass is 127. The summed E-state index contributed by atoms with van der Waals surface area (Å²) in [6.07, 6.45) is -0.0341. The molecular weight excluding hydrogens is 337 g/mol. The van der Waals surface area contributed by atoms with Gasteiger partial charge in [-0.05, 0) is 46.2 Å².